The molecule has 31 heavy (non-hydrogen) atoms. The number of carbonyl (C=O) groups is 1. The lowest BCUT2D eigenvalue weighted by atomic mass is 10.1. The van der Waals surface area contributed by atoms with E-state index in [-0.39, 0.29) is 5.91 Å². The molecule has 1 aliphatic heterocycles. The minimum atomic E-state index is 0.0616. The summed E-state index contributed by atoms with van der Waals surface area (Å²) >= 11 is 0. The molecule has 3 aromatic carbocycles. The van der Waals surface area contributed by atoms with E-state index in [2.05, 4.69) is 11.0 Å². The van der Waals surface area contributed by atoms with Gasteiger partial charge in [0.25, 0.3) is 5.91 Å². The fraction of sp³-hybridized carbons (Fsp3) is 0.231. The number of carbonyl (C=O) groups excluding carboxylic acids is 1. The normalized spacial score (nSPS) is 14.5. The standard InChI is InChI=1S/C26H25N3O2/c27-19-21-7-9-22(10-8-21)20-28-15-4-16-29(18-17-28)26(30)23-11-13-25(14-12-23)31-24-5-2-1-3-6-24/h1-3,5-14H,4,15-18,20H2. The third-order valence-corrected chi connectivity index (χ3v) is 5.45. The zero-order valence-electron chi connectivity index (χ0n) is 17.4. The van der Waals surface area contributed by atoms with Gasteiger partial charge in [-0.2, -0.15) is 5.26 Å². The van der Waals surface area contributed by atoms with Crippen LogP contribution < -0.4 is 4.74 Å². The molecule has 0 unspecified atom stereocenters. The van der Waals surface area contributed by atoms with E-state index in [4.69, 9.17) is 10.00 Å². The molecule has 1 fully saturated rings. The van der Waals surface area contributed by atoms with Crippen molar-refractivity contribution in [2.75, 3.05) is 26.2 Å². The largest absolute Gasteiger partial charge is 0.457 e. The molecule has 156 valence electrons. The number of benzene rings is 3. The van der Waals surface area contributed by atoms with E-state index in [0.717, 1.165) is 38.3 Å². The number of rotatable bonds is 5. The zero-order valence-corrected chi connectivity index (χ0v) is 17.4. The van der Waals surface area contributed by atoms with Crippen molar-refractivity contribution in [2.45, 2.75) is 13.0 Å². The minimum Gasteiger partial charge on any atom is -0.457 e. The Labute approximate surface area is 183 Å². The highest BCUT2D eigenvalue weighted by atomic mass is 16.5. The summed E-state index contributed by atoms with van der Waals surface area (Å²) in [5.41, 5.74) is 2.55. The molecule has 0 aromatic heterocycles. The van der Waals surface area contributed by atoms with Crippen molar-refractivity contribution in [2.24, 2.45) is 0 Å². The van der Waals surface area contributed by atoms with Gasteiger partial charge in [-0.15, -0.1) is 0 Å². The molecular weight excluding hydrogens is 386 g/mol. The number of hydrogen-bond donors (Lipinski definition) is 0. The van der Waals surface area contributed by atoms with E-state index in [1.54, 1.807) is 0 Å². The van der Waals surface area contributed by atoms with Crippen LogP contribution in [0, 0.1) is 11.3 Å². The molecule has 1 heterocycles. The van der Waals surface area contributed by atoms with E-state index in [1.165, 1.54) is 5.56 Å². The van der Waals surface area contributed by atoms with Gasteiger partial charge >= 0.3 is 0 Å². The van der Waals surface area contributed by atoms with Crippen LogP contribution >= 0.6 is 0 Å². The molecule has 1 amide bonds. The lowest BCUT2D eigenvalue weighted by molar-refractivity contribution is 0.0761. The molecule has 0 saturated carbocycles. The van der Waals surface area contributed by atoms with Gasteiger partial charge in [-0.1, -0.05) is 30.3 Å². The van der Waals surface area contributed by atoms with Crippen molar-refractivity contribution in [1.29, 1.82) is 5.26 Å². The Kier molecular flexibility index (Phi) is 6.61. The first kappa shape index (κ1) is 20.6. The summed E-state index contributed by atoms with van der Waals surface area (Å²) in [5, 5.41) is 8.94. The molecule has 0 spiro atoms. The first-order chi connectivity index (χ1) is 15.2. The van der Waals surface area contributed by atoms with Crippen LogP contribution in [0.25, 0.3) is 0 Å². The van der Waals surface area contributed by atoms with Gasteiger partial charge in [0.05, 0.1) is 11.6 Å². The Hall–Kier alpha value is -3.62. The van der Waals surface area contributed by atoms with Crippen LogP contribution in [-0.2, 0) is 6.54 Å². The predicted molar refractivity (Wildman–Crippen MR) is 120 cm³/mol. The van der Waals surface area contributed by atoms with Gasteiger partial charge < -0.3 is 9.64 Å². The van der Waals surface area contributed by atoms with Crippen LogP contribution in [0.1, 0.15) is 27.9 Å². The second-order valence-electron chi connectivity index (χ2n) is 7.67. The molecule has 0 bridgehead atoms. The number of hydrogen-bond acceptors (Lipinski definition) is 4. The Bertz CT molecular complexity index is 1040. The lowest BCUT2D eigenvalue weighted by Crippen LogP contribution is -2.35. The van der Waals surface area contributed by atoms with Gasteiger partial charge in [0, 0.05) is 38.3 Å². The van der Waals surface area contributed by atoms with Crippen molar-refractivity contribution in [1.82, 2.24) is 9.80 Å². The third kappa shape index (κ3) is 5.50. The molecule has 0 atom stereocenters. The SMILES string of the molecule is N#Cc1ccc(CN2CCCN(C(=O)c3ccc(Oc4ccccc4)cc3)CC2)cc1. The maximum absolute atomic E-state index is 13.0. The van der Waals surface area contributed by atoms with E-state index >= 15 is 0 Å². The van der Waals surface area contributed by atoms with E-state index in [0.29, 0.717) is 23.4 Å². The second-order valence-corrected chi connectivity index (χ2v) is 7.67. The van der Waals surface area contributed by atoms with Crippen molar-refractivity contribution in [3.63, 3.8) is 0 Å². The van der Waals surface area contributed by atoms with Crippen molar-refractivity contribution in [3.05, 3.63) is 95.6 Å². The Morgan fingerprint density at radius 3 is 2.26 bits per heavy atom. The molecule has 0 aliphatic carbocycles. The van der Waals surface area contributed by atoms with Crippen LogP contribution in [0.15, 0.2) is 78.9 Å². The molecule has 3 aromatic rings. The number of amides is 1. The summed E-state index contributed by atoms with van der Waals surface area (Å²) in [7, 11) is 0. The van der Waals surface area contributed by atoms with E-state index in [9.17, 15) is 4.79 Å². The average Bonchev–Trinajstić information content (AvgIpc) is 3.06. The van der Waals surface area contributed by atoms with Crippen LogP contribution in [0.2, 0.25) is 0 Å². The predicted octanol–water partition coefficient (Wildman–Crippen LogP) is 4.70. The monoisotopic (exact) mass is 411 g/mol. The lowest BCUT2D eigenvalue weighted by Gasteiger charge is -2.22. The fourth-order valence-corrected chi connectivity index (χ4v) is 3.75. The summed E-state index contributed by atoms with van der Waals surface area (Å²) in [6.45, 7) is 4.08. The highest BCUT2D eigenvalue weighted by Gasteiger charge is 2.20. The summed E-state index contributed by atoms with van der Waals surface area (Å²) in [6.07, 6.45) is 0.942. The number of nitriles is 1. The molecule has 5 heteroatoms. The molecule has 1 aliphatic rings. The van der Waals surface area contributed by atoms with Gasteiger partial charge in [-0.05, 0) is 60.5 Å². The van der Waals surface area contributed by atoms with Crippen LogP contribution in [0.4, 0.5) is 0 Å². The average molecular weight is 412 g/mol. The van der Waals surface area contributed by atoms with Gasteiger partial charge in [-0.25, -0.2) is 0 Å². The van der Waals surface area contributed by atoms with E-state index in [1.807, 2.05) is 83.8 Å². The Morgan fingerprint density at radius 1 is 0.839 bits per heavy atom. The first-order valence-corrected chi connectivity index (χ1v) is 10.5. The smallest absolute Gasteiger partial charge is 0.253 e. The maximum atomic E-state index is 13.0. The summed E-state index contributed by atoms with van der Waals surface area (Å²) in [4.78, 5) is 17.3. The highest BCUT2D eigenvalue weighted by molar-refractivity contribution is 5.94. The molecule has 0 radical (unpaired) electrons. The number of nitrogens with zero attached hydrogens (tertiary/aromatic N) is 3. The Balaban J connectivity index is 1.33. The van der Waals surface area contributed by atoms with Crippen LogP contribution in [0.5, 0.6) is 11.5 Å². The van der Waals surface area contributed by atoms with Crippen LogP contribution in [-0.4, -0.2) is 41.9 Å². The molecule has 0 N–H and O–H groups in total. The molecule has 5 nitrogen and oxygen atoms in total. The summed E-state index contributed by atoms with van der Waals surface area (Å²) in [6, 6.07) is 26.8. The topological polar surface area (TPSA) is 56.6 Å². The van der Waals surface area contributed by atoms with Gasteiger partial charge in [0.15, 0.2) is 0 Å². The van der Waals surface area contributed by atoms with Crippen molar-refractivity contribution < 1.29 is 9.53 Å². The Morgan fingerprint density at radius 2 is 1.55 bits per heavy atom. The second kappa shape index (κ2) is 9.92. The van der Waals surface area contributed by atoms with Gasteiger partial charge in [-0.3, -0.25) is 9.69 Å². The highest BCUT2D eigenvalue weighted by Crippen LogP contribution is 2.22. The van der Waals surface area contributed by atoms with Gasteiger partial charge in [0.1, 0.15) is 11.5 Å². The maximum Gasteiger partial charge on any atom is 0.253 e. The van der Waals surface area contributed by atoms with Crippen molar-refractivity contribution >= 4 is 5.91 Å². The van der Waals surface area contributed by atoms with Gasteiger partial charge in [0.2, 0.25) is 0 Å². The molecule has 1 saturated heterocycles. The quantitative estimate of drug-likeness (QED) is 0.611. The minimum absolute atomic E-state index is 0.0616. The zero-order chi connectivity index (χ0) is 21.5. The van der Waals surface area contributed by atoms with Crippen molar-refractivity contribution in [3.8, 4) is 17.6 Å². The first-order valence-electron chi connectivity index (χ1n) is 10.5. The molecular formula is C26H25N3O2. The number of ether oxygens (including phenoxy) is 1. The molecule has 4 rings (SSSR count). The summed E-state index contributed by atoms with van der Waals surface area (Å²) < 4.78 is 5.81. The van der Waals surface area contributed by atoms with Crippen LogP contribution in [0.3, 0.4) is 0 Å². The fourth-order valence-electron chi connectivity index (χ4n) is 3.75. The van der Waals surface area contributed by atoms with E-state index < -0.39 is 0 Å². The third-order valence-electron chi connectivity index (χ3n) is 5.45. The number of para-hydroxylation sites is 1. The summed E-state index contributed by atoms with van der Waals surface area (Å²) in [5.74, 6) is 1.55.